The summed E-state index contributed by atoms with van der Waals surface area (Å²) in [6.45, 7) is 0.260. The van der Waals surface area contributed by atoms with E-state index in [0.717, 1.165) is 5.56 Å². The number of nitrogens with one attached hydrogen (secondary N) is 1. The van der Waals surface area contributed by atoms with Crippen LogP contribution >= 0.6 is 11.6 Å². The van der Waals surface area contributed by atoms with Crippen LogP contribution in [0.25, 0.3) is 6.08 Å². The average molecular weight is 426 g/mol. The van der Waals surface area contributed by atoms with Gasteiger partial charge in [-0.05, 0) is 23.8 Å². The Kier molecular flexibility index (Phi) is 5.37. The average Bonchev–Trinajstić information content (AvgIpc) is 2.73. The van der Waals surface area contributed by atoms with Gasteiger partial charge in [0.25, 0.3) is 0 Å². The van der Waals surface area contributed by atoms with Crippen LogP contribution in [0.1, 0.15) is 27.9 Å². The summed E-state index contributed by atoms with van der Waals surface area (Å²) in [5.41, 5.74) is 2.15. The highest BCUT2D eigenvalue weighted by atomic mass is 35.5. The molecule has 0 bridgehead atoms. The van der Waals surface area contributed by atoms with Crippen molar-refractivity contribution in [2.24, 2.45) is 0 Å². The van der Waals surface area contributed by atoms with E-state index >= 15 is 0 Å². The summed E-state index contributed by atoms with van der Waals surface area (Å²) in [5.74, 6) is -0.168. The molecule has 1 heterocycles. The normalized spacial score (nSPS) is 12.6. The molecule has 1 aliphatic rings. The maximum atomic E-state index is 13.5. The van der Waals surface area contributed by atoms with Crippen molar-refractivity contribution in [3.05, 3.63) is 86.6 Å². The molecule has 0 spiro atoms. The van der Waals surface area contributed by atoms with E-state index in [0.29, 0.717) is 23.2 Å². The fourth-order valence-corrected chi connectivity index (χ4v) is 3.48. The van der Waals surface area contributed by atoms with Crippen molar-refractivity contribution in [1.29, 1.82) is 0 Å². The maximum Gasteiger partial charge on any atom is 0.316 e. The second-order valence-electron chi connectivity index (χ2n) is 6.74. The Morgan fingerprint density at radius 1 is 1.27 bits per heavy atom. The Morgan fingerprint density at radius 3 is 2.87 bits per heavy atom. The molecular formula is C22H17ClFN3O3. The predicted molar refractivity (Wildman–Crippen MR) is 113 cm³/mol. The summed E-state index contributed by atoms with van der Waals surface area (Å²) in [5, 5.41) is 3.15. The number of hydrogen-bond donors (Lipinski definition) is 1. The molecule has 152 valence electrons. The van der Waals surface area contributed by atoms with Crippen LogP contribution in [-0.2, 0) is 6.54 Å². The number of nitrogens with zero attached hydrogens (tertiary/aromatic N) is 2. The van der Waals surface area contributed by atoms with Crippen molar-refractivity contribution < 1.29 is 13.9 Å². The molecule has 1 N–H and O–H groups in total. The van der Waals surface area contributed by atoms with Crippen molar-refractivity contribution >= 4 is 35.1 Å². The number of hydrogen-bond acceptors (Lipinski definition) is 5. The number of aromatic nitrogens is 2. The Labute approximate surface area is 176 Å². The van der Waals surface area contributed by atoms with Gasteiger partial charge >= 0.3 is 5.56 Å². The van der Waals surface area contributed by atoms with Crippen LogP contribution in [0.2, 0.25) is 5.02 Å². The number of methoxy groups -OCH3 is 1. The number of anilines is 2. The quantitative estimate of drug-likeness (QED) is 0.654. The molecule has 8 heteroatoms. The van der Waals surface area contributed by atoms with Gasteiger partial charge in [0.05, 0.1) is 24.9 Å². The zero-order chi connectivity index (χ0) is 21.3. The summed E-state index contributed by atoms with van der Waals surface area (Å²) in [4.78, 5) is 28.6. The lowest BCUT2D eigenvalue weighted by atomic mass is 9.95. The number of benzene rings is 2. The fourth-order valence-electron chi connectivity index (χ4n) is 3.28. The van der Waals surface area contributed by atoms with Crippen molar-refractivity contribution in [3.8, 4) is 5.75 Å². The van der Waals surface area contributed by atoms with Gasteiger partial charge in [-0.1, -0.05) is 42.0 Å². The summed E-state index contributed by atoms with van der Waals surface area (Å²) in [6, 6.07) is 9.73. The monoisotopic (exact) mass is 425 g/mol. The van der Waals surface area contributed by atoms with Gasteiger partial charge in [0, 0.05) is 23.2 Å². The molecule has 0 amide bonds. The number of allylic oxidation sites excluding steroid dienone is 1. The third-order valence-electron chi connectivity index (χ3n) is 4.76. The zero-order valence-electron chi connectivity index (χ0n) is 16.0. The lowest BCUT2D eigenvalue weighted by molar-refractivity contribution is 0.0994. The highest BCUT2D eigenvalue weighted by Gasteiger charge is 2.17. The van der Waals surface area contributed by atoms with Crippen molar-refractivity contribution in [3.63, 3.8) is 0 Å². The molecule has 0 saturated carbocycles. The number of Topliss-reactive ketones (excluding diaryl/α,β-unsaturated/α-hetero) is 1. The standard InChI is InChI=1S/C22H17ClFN3O3/c1-30-20-12-27(11-13-8-9-17(24)16(23)10-13)22(26-21(20)29)25-18-6-2-5-15-14(18)4-3-7-19(15)28/h2-6,8-10,12H,7,11H2,1H3,(H,25,26,29). The van der Waals surface area contributed by atoms with Crippen LogP contribution in [0, 0.1) is 5.82 Å². The minimum atomic E-state index is -0.537. The van der Waals surface area contributed by atoms with Gasteiger partial charge in [-0.15, -0.1) is 0 Å². The highest BCUT2D eigenvalue weighted by molar-refractivity contribution is 6.30. The first kappa shape index (κ1) is 19.8. The first-order chi connectivity index (χ1) is 14.5. The minimum Gasteiger partial charge on any atom is -0.490 e. The van der Waals surface area contributed by atoms with Gasteiger partial charge in [0.2, 0.25) is 11.7 Å². The maximum absolute atomic E-state index is 13.5. The van der Waals surface area contributed by atoms with E-state index in [2.05, 4.69) is 10.3 Å². The summed E-state index contributed by atoms with van der Waals surface area (Å²) < 4.78 is 20.3. The molecule has 0 aliphatic heterocycles. The Balaban J connectivity index is 1.77. The van der Waals surface area contributed by atoms with Crippen LogP contribution in [0.15, 0.2) is 53.5 Å². The van der Waals surface area contributed by atoms with Gasteiger partial charge in [0.1, 0.15) is 5.82 Å². The summed E-state index contributed by atoms with van der Waals surface area (Å²) in [7, 11) is 1.38. The molecule has 0 atom stereocenters. The smallest absolute Gasteiger partial charge is 0.316 e. The van der Waals surface area contributed by atoms with E-state index in [4.69, 9.17) is 16.3 Å². The van der Waals surface area contributed by atoms with Gasteiger partial charge in [-0.25, -0.2) is 4.39 Å². The van der Waals surface area contributed by atoms with Gasteiger partial charge in [-0.3, -0.25) is 9.59 Å². The third kappa shape index (κ3) is 3.84. The molecule has 4 rings (SSSR count). The molecular weight excluding hydrogens is 409 g/mol. The van der Waals surface area contributed by atoms with Gasteiger partial charge in [0.15, 0.2) is 5.78 Å². The Hall–Kier alpha value is -3.45. The van der Waals surface area contributed by atoms with E-state index in [1.165, 1.54) is 25.4 Å². The van der Waals surface area contributed by atoms with E-state index in [-0.39, 0.29) is 29.0 Å². The topological polar surface area (TPSA) is 73.2 Å². The number of halogens is 2. The van der Waals surface area contributed by atoms with Gasteiger partial charge in [-0.2, -0.15) is 4.98 Å². The number of ether oxygens (including phenoxy) is 1. The van der Waals surface area contributed by atoms with E-state index in [1.54, 1.807) is 34.9 Å². The van der Waals surface area contributed by atoms with Crippen LogP contribution in [0.3, 0.4) is 0 Å². The molecule has 0 fully saturated rings. The predicted octanol–water partition coefficient (Wildman–Crippen LogP) is 4.44. The van der Waals surface area contributed by atoms with Crippen LogP contribution in [-0.4, -0.2) is 22.4 Å². The SMILES string of the molecule is COc1cn(Cc2ccc(F)c(Cl)c2)c(Nc2cccc3c2C=CCC3=O)nc1=O. The molecule has 0 saturated heterocycles. The first-order valence-electron chi connectivity index (χ1n) is 9.15. The number of ketones is 1. The molecule has 30 heavy (non-hydrogen) atoms. The lowest BCUT2D eigenvalue weighted by Crippen LogP contribution is -2.19. The largest absolute Gasteiger partial charge is 0.490 e. The summed E-state index contributed by atoms with van der Waals surface area (Å²) >= 11 is 5.90. The second-order valence-corrected chi connectivity index (χ2v) is 7.14. The van der Waals surface area contributed by atoms with E-state index in [9.17, 15) is 14.0 Å². The van der Waals surface area contributed by atoms with E-state index in [1.807, 2.05) is 6.08 Å². The van der Waals surface area contributed by atoms with E-state index < -0.39 is 11.4 Å². The first-order valence-corrected chi connectivity index (χ1v) is 9.53. The zero-order valence-corrected chi connectivity index (χ0v) is 16.7. The van der Waals surface area contributed by atoms with Crippen LogP contribution < -0.4 is 15.6 Å². The molecule has 0 unspecified atom stereocenters. The Morgan fingerprint density at radius 2 is 2.10 bits per heavy atom. The highest BCUT2D eigenvalue weighted by Crippen LogP contribution is 2.29. The number of carbonyl (C=O) groups excluding carboxylic acids is 1. The minimum absolute atomic E-state index is 0.00348. The molecule has 6 nitrogen and oxygen atoms in total. The lowest BCUT2D eigenvalue weighted by Gasteiger charge is -2.18. The van der Waals surface area contributed by atoms with Gasteiger partial charge < -0.3 is 14.6 Å². The summed E-state index contributed by atoms with van der Waals surface area (Å²) in [6.07, 6.45) is 5.54. The molecule has 3 aromatic rings. The van der Waals surface area contributed by atoms with Crippen LogP contribution in [0.4, 0.5) is 16.0 Å². The third-order valence-corrected chi connectivity index (χ3v) is 5.05. The second kappa shape index (κ2) is 8.12. The number of rotatable bonds is 5. The molecule has 2 aromatic carbocycles. The molecule has 1 aliphatic carbocycles. The van der Waals surface area contributed by atoms with Crippen molar-refractivity contribution in [2.75, 3.05) is 12.4 Å². The van der Waals surface area contributed by atoms with Crippen molar-refractivity contribution in [2.45, 2.75) is 13.0 Å². The Bertz CT molecular complexity index is 1240. The number of carbonyl (C=O) groups is 1. The molecule has 1 aromatic heterocycles. The fraction of sp³-hybridized carbons (Fsp3) is 0.136. The number of fused-ring (bicyclic) bond motifs is 1. The van der Waals surface area contributed by atoms with Crippen molar-refractivity contribution in [1.82, 2.24) is 9.55 Å². The van der Waals surface area contributed by atoms with Crippen LogP contribution in [0.5, 0.6) is 5.75 Å². The molecule has 0 radical (unpaired) electrons.